The molecule has 3 rings (SSSR count). The molecule has 0 bridgehead atoms. The average molecular weight is 258 g/mol. The van der Waals surface area contributed by atoms with Crippen LogP contribution >= 0.6 is 0 Å². The van der Waals surface area contributed by atoms with Gasteiger partial charge < -0.3 is 15.4 Å². The van der Waals surface area contributed by atoms with Crippen molar-refractivity contribution in [2.75, 3.05) is 6.54 Å². The van der Waals surface area contributed by atoms with Crippen LogP contribution in [-0.4, -0.2) is 28.1 Å². The summed E-state index contributed by atoms with van der Waals surface area (Å²) in [6.07, 6.45) is 2.10. The lowest BCUT2D eigenvalue weighted by molar-refractivity contribution is 0.0353. The molecule has 1 aromatic heterocycles. The molecule has 0 spiro atoms. The SMILES string of the molecule is C[C@@](O)(CNC(=O)c1cc2ccccc2[nH]1)C1CC1. The number of carbonyl (C=O) groups is 1. The maximum absolute atomic E-state index is 12.1. The van der Waals surface area contributed by atoms with E-state index in [1.54, 1.807) is 6.92 Å². The van der Waals surface area contributed by atoms with E-state index >= 15 is 0 Å². The van der Waals surface area contributed by atoms with Gasteiger partial charge in [0, 0.05) is 17.4 Å². The van der Waals surface area contributed by atoms with Crippen LogP contribution in [0.3, 0.4) is 0 Å². The summed E-state index contributed by atoms with van der Waals surface area (Å²) < 4.78 is 0. The zero-order valence-corrected chi connectivity index (χ0v) is 10.9. The molecule has 1 heterocycles. The Kier molecular flexibility index (Phi) is 2.82. The van der Waals surface area contributed by atoms with Crippen molar-refractivity contribution >= 4 is 16.8 Å². The molecule has 1 saturated carbocycles. The summed E-state index contributed by atoms with van der Waals surface area (Å²) in [5, 5.41) is 14.0. The van der Waals surface area contributed by atoms with Gasteiger partial charge in [0.2, 0.25) is 0 Å². The lowest BCUT2D eigenvalue weighted by atomic mass is 10.0. The van der Waals surface area contributed by atoms with Gasteiger partial charge in [-0.05, 0) is 37.8 Å². The Hall–Kier alpha value is -1.81. The maximum Gasteiger partial charge on any atom is 0.267 e. The largest absolute Gasteiger partial charge is 0.388 e. The van der Waals surface area contributed by atoms with Crippen molar-refractivity contribution in [1.29, 1.82) is 0 Å². The molecule has 1 aliphatic rings. The average Bonchev–Trinajstić information content (AvgIpc) is 3.16. The Bertz CT molecular complexity index is 578. The molecule has 1 aliphatic carbocycles. The number of H-pyrrole nitrogens is 1. The van der Waals surface area contributed by atoms with Crippen LogP contribution in [0.1, 0.15) is 30.3 Å². The number of fused-ring (bicyclic) bond motifs is 1. The second kappa shape index (κ2) is 4.38. The standard InChI is InChI=1S/C15H18N2O2/c1-15(19,11-6-7-11)9-16-14(18)13-8-10-4-2-3-5-12(10)17-13/h2-5,8,11,17,19H,6-7,9H2,1H3,(H,16,18)/t15-/m1/s1. The number of hydrogen-bond donors (Lipinski definition) is 3. The van der Waals surface area contributed by atoms with Crippen LogP contribution in [0.15, 0.2) is 30.3 Å². The van der Waals surface area contributed by atoms with Crippen LogP contribution in [-0.2, 0) is 0 Å². The number of aliphatic hydroxyl groups is 1. The molecule has 1 amide bonds. The van der Waals surface area contributed by atoms with E-state index in [-0.39, 0.29) is 5.91 Å². The van der Waals surface area contributed by atoms with Gasteiger partial charge in [-0.2, -0.15) is 0 Å². The van der Waals surface area contributed by atoms with E-state index in [0.29, 0.717) is 18.2 Å². The highest BCUT2D eigenvalue weighted by molar-refractivity contribution is 5.97. The van der Waals surface area contributed by atoms with Gasteiger partial charge in [0.25, 0.3) is 5.91 Å². The van der Waals surface area contributed by atoms with Crippen molar-refractivity contribution in [3.63, 3.8) is 0 Å². The smallest absolute Gasteiger partial charge is 0.267 e. The highest BCUT2D eigenvalue weighted by Crippen LogP contribution is 2.39. The number of nitrogens with one attached hydrogen (secondary N) is 2. The summed E-state index contributed by atoms with van der Waals surface area (Å²) in [4.78, 5) is 15.1. The predicted octanol–water partition coefficient (Wildman–Crippen LogP) is 2.06. The van der Waals surface area contributed by atoms with Crippen molar-refractivity contribution in [3.8, 4) is 0 Å². The fourth-order valence-electron chi connectivity index (χ4n) is 2.40. The first-order valence-corrected chi connectivity index (χ1v) is 6.64. The molecule has 100 valence electrons. The van der Waals surface area contributed by atoms with Crippen LogP contribution in [0.4, 0.5) is 0 Å². The minimum absolute atomic E-state index is 0.169. The summed E-state index contributed by atoms with van der Waals surface area (Å²) in [6.45, 7) is 2.09. The van der Waals surface area contributed by atoms with Crippen LogP contribution in [0.5, 0.6) is 0 Å². The van der Waals surface area contributed by atoms with Crippen molar-refractivity contribution in [3.05, 3.63) is 36.0 Å². The molecule has 1 atom stereocenters. The van der Waals surface area contributed by atoms with Gasteiger partial charge in [0.05, 0.1) is 5.60 Å². The Balaban J connectivity index is 1.69. The van der Waals surface area contributed by atoms with Gasteiger partial charge in [-0.15, -0.1) is 0 Å². The number of benzene rings is 1. The van der Waals surface area contributed by atoms with E-state index < -0.39 is 5.60 Å². The van der Waals surface area contributed by atoms with Crippen molar-refractivity contribution in [2.24, 2.45) is 5.92 Å². The molecule has 1 fully saturated rings. The van der Waals surface area contributed by atoms with Crippen molar-refractivity contribution < 1.29 is 9.90 Å². The molecule has 0 saturated heterocycles. The molecule has 19 heavy (non-hydrogen) atoms. The third kappa shape index (κ3) is 2.49. The first kappa shape index (κ1) is 12.2. The monoisotopic (exact) mass is 258 g/mol. The molecule has 0 radical (unpaired) electrons. The molecule has 0 unspecified atom stereocenters. The number of hydrogen-bond acceptors (Lipinski definition) is 2. The van der Waals surface area contributed by atoms with Crippen LogP contribution in [0.25, 0.3) is 10.9 Å². The molecule has 4 heteroatoms. The van der Waals surface area contributed by atoms with Gasteiger partial charge in [0.1, 0.15) is 5.69 Å². The van der Waals surface area contributed by atoms with Gasteiger partial charge in [0.15, 0.2) is 0 Å². The van der Waals surface area contributed by atoms with Gasteiger partial charge in [-0.1, -0.05) is 18.2 Å². The first-order chi connectivity index (χ1) is 9.06. The van der Waals surface area contributed by atoms with Crippen molar-refractivity contribution in [2.45, 2.75) is 25.4 Å². The zero-order chi connectivity index (χ0) is 13.5. The molecule has 2 aromatic rings. The number of amides is 1. The van der Waals surface area contributed by atoms with Gasteiger partial charge >= 0.3 is 0 Å². The first-order valence-electron chi connectivity index (χ1n) is 6.64. The number of para-hydroxylation sites is 1. The van der Waals surface area contributed by atoms with E-state index in [0.717, 1.165) is 23.7 Å². The van der Waals surface area contributed by atoms with Crippen molar-refractivity contribution in [1.82, 2.24) is 10.3 Å². The minimum Gasteiger partial charge on any atom is -0.388 e. The van der Waals surface area contributed by atoms with E-state index in [2.05, 4.69) is 10.3 Å². The predicted molar refractivity (Wildman–Crippen MR) is 74.0 cm³/mol. The second-order valence-corrected chi connectivity index (χ2v) is 5.58. The van der Waals surface area contributed by atoms with E-state index in [9.17, 15) is 9.90 Å². The van der Waals surface area contributed by atoms with Crippen LogP contribution < -0.4 is 5.32 Å². The molecular weight excluding hydrogens is 240 g/mol. The van der Waals surface area contributed by atoms with Crippen LogP contribution in [0.2, 0.25) is 0 Å². The minimum atomic E-state index is -0.790. The van der Waals surface area contributed by atoms with Crippen LogP contribution in [0, 0.1) is 5.92 Å². The molecule has 4 nitrogen and oxygen atoms in total. The summed E-state index contributed by atoms with van der Waals surface area (Å²) in [5.41, 5.74) is 0.691. The summed E-state index contributed by atoms with van der Waals surface area (Å²) in [7, 11) is 0. The lowest BCUT2D eigenvalue weighted by Crippen LogP contribution is -2.42. The third-order valence-electron chi connectivity index (χ3n) is 3.84. The summed E-state index contributed by atoms with van der Waals surface area (Å²) >= 11 is 0. The van der Waals surface area contributed by atoms with Gasteiger partial charge in [-0.3, -0.25) is 4.79 Å². The number of rotatable bonds is 4. The number of aromatic amines is 1. The topological polar surface area (TPSA) is 65.1 Å². The normalized spacial score (nSPS) is 18.2. The van der Waals surface area contributed by atoms with E-state index in [4.69, 9.17) is 0 Å². The molecule has 3 N–H and O–H groups in total. The van der Waals surface area contributed by atoms with E-state index in [1.165, 1.54) is 0 Å². The number of aromatic nitrogens is 1. The fourth-order valence-corrected chi connectivity index (χ4v) is 2.40. The lowest BCUT2D eigenvalue weighted by Gasteiger charge is -2.22. The van der Waals surface area contributed by atoms with E-state index in [1.807, 2.05) is 30.3 Å². The summed E-state index contributed by atoms with van der Waals surface area (Å²) in [5.74, 6) is 0.160. The molecule has 0 aliphatic heterocycles. The number of carbonyl (C=O) groups excluding carboxylic acids is 1. The maximum atomic E-state index is 12.1. The molecule has 1 aromatic carbocycles. The van der Waals surface area contributed by atoms with Gasteiger partial charge in [-0.25, -0.2) is 0 Å². The Morgan fingerprint density at radius 3 is 2.89 bits per heavy atom. The summed E-state index contributed by atoms with van der Waals surface area (Å²) in [6, 6.07) is 9.60. The second-order valence-electron chi connectivity index (χ2n) is 5.58. The third-order valence-corrected chi connectivity index (χ3v) is 3.84. The zero-order valence-electron chi connectivity index (χ0n) is 10.9. The Labute approximate surface area is 111 Å². The molecular formula is C15H18N2O2. The highest BCUT2D eigenvalue weighted by atomic mass is 16.3. The highest BCUT2D eigenvalue weighted by Gasteiger charge is 2.40. The Morgan fingerprint density at radius 1 is 1.47 bits per heavy atom. The fraction of sp³-hybridized carbons (Fsp3) is 0.400. The quantitative estimate of drug-likeness (QED) is 0.786. The Morgan fingerprint density at radius 2 is 2.21 bits per heavy atom.